The number of nitrogen functional groups attached to an aromatic ring is 2. The summed E-state index contributed by atoms with van der Waals surface area (Å²) >= 11 is 0. The third-order valence-corrected chi connectivity index (χ3v) is 3.23. The van der Waals surface area contributed by atoms with Crippen molar-refractivity contribution in [2.24, 2.45) is 0 Å². The van der Waals surface area contributed by atoms with E-state index in [1.165, 1.54) is 5.56 Å². The first-order valence-electron chi connectivity index (χ1n) is 6.63. The highest BCUT2D eigenvalue weighted by Crippen LogP contribution is 2.40. The van der Waals surface area contributed by atoms with Crippen molar-refractivity contribution in [3.05, 3.63) is 52.8 Å². The van der Waals surface area contributed by atoms with Crippen molar-refractivity contribution in [2.75, 3.05) is 11.5 Å². The van der Waals surface area contributed by atoms with Gasteiger partial charge in [-0.1, -0.05) is 49.2 Å². The van der Waals surface area contributed by atoms with Gasteiger partial charge in [-0.2, -0.15) is 0 Å². The lowest BCUT2D eigenvalue weighted by molar-refractivity contribution is 1.13. The molecule has 100 valence electrons. The molecule has 19 heavy (non-hydrogen) atoms. The van der Waals surface area contributed by atoms with Crippen LogP contribution in [0.5, 0.6) is 0 Å². The SMILES string of the molecule is CCc1ccccc1[N-]c1c(N)cc(N)cc1CC. The minimum absolute atomic E-state index is 0.641. The average Bonchev–Trinajstić information content (AvgIpc) is 2.42. The van der Waals surface area contributed by atoms with Crippen LogP contribution in [0, 0.1) is 0 Å². The van der Waals surface area contributed by atoms with Gasteiger partial charge in [0.25, 0.3) is 0 Å². The van der Waals surface area contributed by atoms with Crippen molar-refractivity contribution >= 4 is 22.7 Å². The van der Waals surface area contributed by atoms with Gasteiger partial charge in [0.05, 0.1) is 0 Å². The highest BCUT2D eigenvalue weighted by atomic mass is 14.9. The minimum Gasteiger partial charge on any atom is -0.656 e. The molecule has 0 saturated carbocycles. The molecular weight excluding hydrogens is 234 g/mol. The van der Waals surface area contributed by atoms with Gasteiger partial charge in [-0.3, -0.25) is 0 Å². The summed E-state index contributed by atoms with van der Waals surface area (Å²) in [6.45, 7) is 4.21. The summed E-state index contributed by atoms with van der Waals surface area (Å²) in [4.78, 5) is 0. The number of anilines is 2. The lowest BCUT2D eigenvalue weighted by Gasteiger charge is -2.30. The van der Waals surface area contributed by atoms with Crippen molar-refractivity contribution < 1.29 is 0 Å². The zero-order chi connectivity index (χ0) is 13.8. The minimum atomic E-state index is 0.641. The molecule has 0 atom stereocenters. The number of para-hydroxylation sites is 1. The molecule has 0 aliphatic carbocycles. The Morgan fingerprint density at radius 2 is 1.63 bits per heavy atom. The average molecular weight is 254 g/mol. The molecule has 0 saturated heterocycles. The molecule has 0 aromatic heterocycles. The van der Waals surface area contributed by atoms with E-state index in [1.54, 1.807) is 6.07 Å². The lowest BCUT2D eigenvalue weighted by atomic mass is 10.1. The fourth-order valence-corrected chi connectivity index (χ4v) is 2.19. The number of hydrogen-bond acceptors (Lipinski definition) is 2. The number of rotatable bonds is 4. The molecule has 0 aliphatic heterocycles. The highest BCUT2D eigenvalue weighted by molar-refractivity contribution is 5.83. The maximum Gasteiger partial charge on any atom is 0.0336 e. The van der Waals surface area contributed by atoms with Crippen molar-refractivity contribution in [1.29, 1.82) is 0 Å². The molecule has 0 aliphatic rings. The number of nitrogens with zero attached hydrogens (tertiary/aromatic N) is 1. The fraction of sp³-hybridized carbons (Fsp3) is 0.250. The van der Waals surface area contributed by atoms with E-state index >= 15 is 0 Å². The Kier molecular flexibility index (Phi) is 3.95. The zero-order valence-electron chi connectivity index (χ0n) is 11.5. The molecule has 0 radical (unpaired) electrons. The van der Waals surface area contributed by atoms with Crippen LogP contribution in [0.1, 0.15) is 25.0 Å². The van der Waals surface area contributed by atoms with Crippen molar-refractivity contribution in [1.82, 2.24) is 0 Å². The largest absolute Gasteiger partial charge is 0.656 e. The third-order valence-electron chi connectivity index (χ3n) is 3.23. The molecule has 4 N–H and O–H groups in total. The smallest absolute Gasteiger partial charge is 0.0336 e. The standard InChI is InChI=1S/C16H20N3/c1-3-11-7-5-6-8-15(11)19-16-12(4-2)9-13(17)10-14(16)18/h5-10H,3-4,17-18H2,1-2H3/q-1. The van der Waals surface area contributed by atoms with Gasteiger partial charge in [-0.05, 0) is 25.0 Å². The Balaban J connectivity index is 2.43. The summed E-state index contributed by atoms with van der Waals surface area (Å²) in [6.07, 6.45) is 1.82. The van der Waals surface area contributed by atoms with Gasteiger partial charge in [-0.25, -0.2) is 0 Å². The van der Waals surface area contributed by atoms with E-state index in [4.69, 9.17) is 16.8 Å². The van der Waals surface area contributed by atoms with Crippen LogP contribution in [0.25, 0.3) is 5.32 Å². The second kappa shape index (κ2) is 5.65. The van der Waals surface area contributed by atoms with Crippen molar-refractivity contribution in [3.63, 3.8) is 0 Å². The number of nitrogens with two attached hydrogens (primary N) is 2. The van der Waals surface area contributed by atoms with Gasteiger partial charge in [0.15, 0.2) is 0 Å². The first-order chi connectivity index (χ1) is 9.15. The monoisotopic (exact) mass is 254 g/mol. The molecular formula is C16H20N3-. The molecule has 3 nitrogen and oxygen atoms in total. The summed E-state index contributed by atoms with van der Waals surface area (Å²) in [5.74, 6) is 0. The molecule has 0 unspecified atom stereocenters. The second-order valence-corrected chi connectivity index (χ2v) is 4.57. The van der Waals surface area contributed by atoms with E-state index < -0.39 is 0 Å². The number of hydrogen-bond donors (Lipinski definition) is 2. The predicted molar refractivity (Wildman–Crippen MR) is 83.1 cm³/mol. The number of aryl methyl sites for hydroxylation is 2. The topological polar surface area (TPSA) is 66.1 Å². The lowest BCUT2D eigenvalue weighted by Crippen LogP contribution is -1.95. The molecule has 0 amide bonds. The second-order valence-electron chi connectivity index (χ2n) is 4.57. The van der Waals surface area contributed by atoms with E-state index in [0.29, 0.717) is 11.4 Å². The Morgan fingerprint density at radius 3 is 2.32 bits per heavy atom. The van der Waals surface area contributed by atoms with Gasteiger partial charge in [0.1, 0.15) is 0 Å². The van der Waals surface area contributed by atoms with Crippen LogP contribution < -0.4 is 11.5 Å². The fourth-order valence-electron chi connectivity index (χ4n) is 2.19. The van der Waals surface area contributed by atoms with Crippen LogP contribution in [-0.4, -0.2) is 0 Å². The summed E-state index contributed by atoms with van der Waals surface area (Å²) < 4.78 is 0. The molecule has 2 rings (SSSR count). The summed E-state index contributed by atoms with van der Waals surface area (Å²) in [6, 6.07) is 11.9. The molecule has 2 aromatic rings. The molecule has 0 fully saturated rings. The van der Waals surface area contributed by atoms with E-state index in [-0.39, 0.29) is 0 Å². The van der Waals surface area contributed by atoms with Crippen LogP contribution in [0.3, 0.4) is 0 Å². The molecule has 0 heterocycles. The van der Waals surface area contributed by atoms with E-state index in [2.05, 4.69) is 19.9 Å². The maximum atomic E-state index is 6.06. The quantitative estimate of drug-likeness (QED) is 0.798. The Morgan fingerprint density at radius 1 is 0.947 bits per heavy atom. The molecule has 0 bridgehead atoms. The molecule has 0 spiro atoms. The van der Waals surface area contributed by atoms with Gasteiger partial charge in [0.2, 0.25) is 0 Å². The third kappa shape index (κ3) is 2.81. The van der Waals surface area contributed by atoms with Crippen molar-refractivity contribution in [2.45, 2.75) is 26.7 Å². The predicted octanol–water partition coefficient (Wildman–Crippen LogP) is 4.31. The Hall–Kier alpha value is -2.16. The van der Waals surface area contributed by atoms with Crippen molar-refractivity contribution in [3.8, 4) is 0 Å². The van der Waals surface area contributed by atoms with Gasteiger partial charge >= 0.3 is 0 Å². The van der Waals surface area contributed by atoms with Gasteiger partial charge in [-0.15, -0.1) is 11.4 Å². The first-order valence-corrected chi connectivity index (χ1v) is 6.63. The van der Waals surface area contributed by atoms with Crippen LogP contribution >= 0.6 is 0 Å². The van der Waals surface area contributed by atoms with Crippen LogP contribution in [0.4, 0.5) is 22.7 Å². The normalized spacial score (nSPS) is 10.4. The Labute approximate surface area is 114 Å². The van der Waals surface area contributed by atoms with E-state index in [9.17, 15) is 0 Å². The number of benzene rings is 2. The summed E-state index contributed by atoms with van der Waals surface area (Å²) in [7, 11) is 0. The van der Waals surface area contributed by atoms with Crippen LogP contribution in [-0.2, 0) is 12.8 Å². The summed E-state index contributed by atoms with van der Waals surface area (Å²) in [5.41, 5.74) is 17.4. The zero-order valence-corrected chi connectivity index (χ0v) is 11.5. The summed E-state index contributed by atoms with van der Waals surface area (Å²) in [5, 5.41) is 4.74. The van der Waals surface area contributed by atoms with Crippen LogP contribution in [0.15, 0.2) is 36.4 Å². The highest BCUT2D eigenvalue weighted by Gasteiger charge is 2.00. The first kappa shape index (κ1) is 13.3. The van der Waals surface area contributed by atoms with Crippen LogP contribution in [0.2, 0.25) is 0 Å². The Bertz CT molecular complexity index is 576. The maximum absolute atomic E-state index is 6.06. The van der Waals surface area contributed by atoms with E-state index in [1.807, 2.05) is 24.3 Å². The van der Waals surface area contributed by atoms with Gasteiger partial charge < -0.3 is 16.8 Å². The van der Waals surface area contributed by atoms with E-state index in [0.717, 1.165) is 29.8 Å². The molecule has 2 aromatic carbocycles. The van der Waals surface area contributed by atoms with Gasteiger partial charge in [0, 0.05) is 11.4 Å². The molecule has 3 heteroatoms.